The zero-order valence-electron chi connectivity index (χ0n) is 11.8. The van der Waals surface area contributed by atoms with Crippen LogP contribution in [0.1, 0.15) is 22.4 Å². The minimum atomic E-state index is 0.546. The van der Waals surface area contributed by atoms with Gasteiger partial charge in [0.25, 0.3) is 0 Å². The Balaban J connectivity index is 1.85. The maximum atomic E-state index is 5.97. The van der Waals surface area contributed by atoms with Crippen molar-refractivity contribution in [3.8, 4) is 0 Å². The molecule has 0 aliphatic carbocycles. The van der Waals surface area contributed by atoms with Gasteiger partial charge >= 0.3 is 0 Å². The zero-order chi connectivity index (χ0) is 13.9. The number of hydrogen-bond acceptors (Lipinski definition) is 2. The van der Waals surface area contributed by atoms with Crippen molar-refractivity contribution in [1.29, 1.82) is 0 Å². The fourth-order valence-electron chi connectivity index (χ4n) is 2.86. The Morgan fingerprint density at radius 3 is 2.35 bits per heavy atom. The maximum absolute atomic E-state index is 5.97. The van der Waals surface area contributed by atoms with Crippen molar-refractivity contribution >= 4 is 17.4 Å². The highest BCUT2D eigenvalue weighted by atomic mass is 35.5. The van der Waals surface area contributed by atoms with Crippen LogP contribution in [0.3, 0.4) is 0 Å². The molecule has 2 aromatic rings. The fraction of sp³-hybridized carbons (Fsp3) is 0.353. The molecule has 0 saturated heterocycles. The topological polar surface area (TPSA) is 16.1 Å². The van der Waals surface area contributed by atoms with E-state index in [9.17, 15) is 0 Å². The van der Waals surface area contributed by atoms with Gasteiger partial charge in [0.2, 0.25) is 0 Å². The molecule has 0 atom stereocenters. The van der Waals surface area contributed by atoms with Gasteiger partial charge in [0.15, 0.2) is 0 Å². The van der Waals surface area contributed by atoms with E-state index < -0.39 is 0 Å². The van der Waals surface area contributed by atoms with Gasteiger partial charge < -0.3 is 4.90 Å². The fourth-order valence-corrected chi connectivity index (χ4v) is 3.01. The monoisotopic (exact) mass is 286 g/mol. The summed E-state index contributed by atoms with van der Waals surface area (Å²) in [6.45, 7) is 4.08. The lowest BCUT2D eigenvalue weighted by Gasteiger charge is -2.22. The molecule has 0 unspecified atom stereocenters. The van der Waals surface area contributed by atoms with E-state index in [1.807, 2.05) is 6.92 Å². The van der Waals surface area contributed by atoms with Crippen molar-refractivity contribution in [3.63, 3.8) is 0 Å². The molecule has 1 aliphatic heterocycles. The molecule has 3 heteroatoms. The first-order chi connectivity index (χ1) is 9.76. The first-order valence-corrected chi connectivity index (χ1v) is 7.65. The Morgan fingerprint density at radius 2 is 1.75 bits per heavy atom. The lowest BCUT2D eigenvalue weighted by Crippen LogP contribution is -2.27. The van der Waals surface area contributed by atoms with E-state index in [0.29, 0.717) is 5.88 Å². The van der Waals surface area contributed by atoms with E-state index in [4.69, 9.17) is 11.6 Å². The first-order valence-electron chi connectivity index (χ1n) is 7.11. The number of aryl methyl sites for hydroxylation is 1. The molecule has 3 rings (SSSR count). The molecule has 20 heavy (non-hydrogen) atoms. The van der Waals surface area contributed by atoms with Crippen LogP contribution in [-0.4, -0.2) is 18.1 Å². The molecule has 0 saturated carbocycles. The third-order valence-electron chi connectivity index (χ3n) is 3.90. The minimum absolute atomic E-state index is 0.546. The van der Waals surface area contributed by atoms with E-state index in [1.54, 1.807) is 0 Å². The van der Waals surface area contributed by atoms with E-state index in [0.717, 1.165) is 43.0 Å². The summed E-state index contributed by atoms with van der Waals surface area (Å²) >= 11 is 5.97. The van der Waals surface area contributed by atoms with Crippen LogP contribution in [0.15, 0.2) is 36.4 Å². The van der Waals surface area contributed by atoms with Crippen molar-refractivity contribution in [2.45, 2.75) is 25.6 Å². The van der Waals surface area contributed by atoms with Crippen LogP contribution in [0, 0.1) is 6.92 Å². The first kappa shape index (κ1) is 13.4. The maximum Gasteiger partial charge on any atom is 0.129 e. The summed E-state index contributed by atoms with van der Waals surface area (Å²) in [5, 5.41) is 0. The summed E-state index contributed by atoms with van der Waals surface area (Å²) in [6, 6.07) is 12.9. The average molecular weight is 287 g/mol. The molecule has 0 amide bonds. The molecule has 1 aromatic heterocycles. The van der Waals surface area contributed by atoms with Crippen molar-refractivity contribution in [1.82, 2.24) is 4.98 Å². The van der Waals surface area contributed by atoms with E-state index in [-0.39, 0.29) is 0 Å². The number of halogens is 1. The summed E-state index contributed by atoms with van der Waals surface area (Å²) in [6.07, 6.45) is 2.17. The second kappa shape index (κ2) is 5.84. The van der Waals surface area contributed by atoms with Gasteiger partial charge in [0.1, 0.15) is 5.82 Å². The molecule has 0 spiro atoms. The predicted octanol–water partition coefficient (Wildman–Crippen LogP) is 3.73. The van der Waals surface area contributed by atoms with Crippen LogP contribution in [0.4, 0.5) is 5.82 Å². The van der Waals surface area contributed by atoms with E-state index >= 15 is 0 Å². The molecule has 2 heterocycles. The minimum Gasteiger partial charge on any atom is -0.356 e. The van der Waals surface area contributed by atoms with Gasteiger partial charge in [-0.05, 0) is 48.6 Å². The highest BCUT2D eigenvalue weighted by Crippen LogP contribution is 2.21. The number of pyridine rings is 1. The Labute approximate surface area is 125 Å². The summed E-state index contributed by atoms with van der Waals surface area (Å²) < 4.78 is 0. The van der Waals surface area contributed by atoms with E-state index in [1.165, 1.54) is 11.1 Å². The van der Waals surface area contributed by atoms with Crippen LogP contribution in [-0.2, 0) is 18.7 Å². The molecule has 0 fully saturated rings. The Morgan fingerprint density at radius 1 is 1.10 bits per heavy atom. The number of alkyl halides is 1. The molecular weight excluding hydrogens is 268 g/mol. The van der Waals surface area contributed by atoms with Gasteiger partial charge in [-0.3, -0.25) is 0 Å². The number of hydrogen-bond donors (Lipinski definition) is 0. The number of aromatic nitrogens is 1. The van der Waals surface area contributed by atoms with Gasteiger partial charge in [0, 0.05) is 24.7 Å². The largest absolute Gasteiger partial charge is 0.356 e. The number of anilines is 1. The van der Waals surface area contributed by atoms with Gasteiger partial charge in [-0.15, -0.1) is 11.6 Å². The second-order valence-electron chi connectivity index (χ2n) is 5.36. The SMILES string of the molecule is Cc1cc(CCl)cc(N2CCc3ccccc3CC2)n1. The Kier molecular flexibility index (Phi) is 3.93. The Hall–Kier alpha value is -1.54. The third kappa shape index (κ3) is 2.80. The van der Waals surface area contributed by atoms with Crippen LogP contribution >= 0.6 is 11.6 Å². The van der Waals surface area contributed by atoms with Crippen LogP contribution in [0.25, 0.3) is 0 Å². The highest BCUT2D eigenvalue weighted by molar-refractivity contribution is 6.17. The van der Waals surface area contributed by atoms with Crippen LogP contribution in [0.5, 0.6) is 0 Å². The molecule has 0 N–H and O–H groups in total. The van der Waals surface area contributed by atoms with Crippen LogP contribution < -0.4 is 4.90 Å². The summed E-state index contributed by atoms with van der Waals surface area (Å²) in [4.78, 5) is 7.06. The van der Waals surface area contributed by atoms with Crippen molar-refractivity contribution < 1.29 is 0 Å². The molecule has 1 aromatic carbocycles. The van der Waals surface area contributed by atoms with E-state index in [2.05, 4.69) is 46.3 Å². The quantitative estimate of drug-likeness (QED) is 0.782. The van der Waals surface area contributed by atoms with Crippen LogP contribution in [0.2, 0.25) is 0 Å². The molecular formula is C17H19ClN2. The van der Waals surface area contributed by atoms with Crippen molar-refractivity contribution in [2.75, 3.05) is 18.0 Å². The van der Waals surface area contributed by atoms with Crippen molar-refractivity contribution in [3.05, 3.63) is 58.8 Å². The summed E-state index contributed by atoms with van der Waals surface area (Å²) in [5.74, 6) is 1.61. The zero-order valence-corrected chi connectivity index (χ0v) is 12.5. The lowest BCUT2D eigenvalue weighted by molar-refractivity contribution is 0.787. The number of rotatable bonds is 2. The average Bonchev–Trinajstić information content (AvgIpc) is 2.69. The smallest absolute Gasteiger partial charge is 0.129 e. The number of nitrogens with zero attached hydrogens (tertiary/aromatic N) is 2. The molecule has 104 valence electrons. The number of benzene rings is 1. The highest BCUT2D eigenvalue weighted by Gasteiger charge is 2.15. The molecule has 1 aliphatic rings. The van der Waals surface area contributed by atoms with Gasteiger partial charge in [-0.1, -0.05) is 24.3 Å². The second-order valence-corrected chi connectivity index (χ2v) is 5.63. The van der Waals surface area contributed by atoms with Gasteiger partial charge in [-0.25, -0.2) is 4.98 Å². The normalized spacial score (nSPS) is 14.8. The lowest BCUT2D eigenvalue weighted by atomic mass is 10.0. The standard InChI is InChI=1S/C17H19ClN2/c1-13-10-14(12-18)11-17(19-13)20-8-6-15-4-2-3-5-16(15)7-9-20/h2-5,10-11H,6-9,12H2,1H3. The predicted molar refractivity (Wildman–Crippen MR) is 84.6 cm³/mol. The van der Waals surface area contributed by atoms with Gasteiger partial charge in [0.05, 0.1) is 0 Å². The number of fused-ring (bicyclic) bond motifs is 1. The molecule has 2 nitrogen and oxygen atoms in total. The molecule has 0 radical (unpaired) electrons. The summed E-state index contributed by atoms with van der Waals surface area (Å²) in [7, 11) is 0. The summed E-state index contributed by atoms with van der Waals surface area (Å²) in [5.41, 5.74) is 5.14. The third-order valence-corrected chi connectivity index (χ3v) is 4.21. The van der Waals surface area contributed by atoms with Crippen molar-refractivity contribution in [2.24, 2.45) is 0 Å². The Bertz CT molecular complexity index is 583. The molecule has 0 bridgehead atoms. The van der Waals surface area contributed by atoms with Gasteiger partial charge in [-0.2, -0.15) is 0 Å².